The van der Waals surface area contributed by atoms with Crippen LogP contribution in [0.15, 0.2) is 36.4 Å². The molecule has 2 unspecified atom stereocenters. The molecule has 0 bridgehead atoms. The zero-order valence-electron chi connectivity index (χ0n) is 10.3. The van der Waals surface area contributed by atoms with E-state index < -0.39 is 0 Å². The smallest absolute Gasteiger partial charge is 0.0625 e. The summed E-state index contributed by atoms with van der Waals surface area (Å²) < 4.78 is 0. The van der Waals surface area contributed by atoms with Gasteiger partial charge in [-0.25, -0.2) is 0 Å². The SMILES string of the molecule is C=C1CC(C)CCC1(N)c1ccccc1C. The van der Waals surface area contributed by atoms with Crippen molar-refractivity contribution in [2.24, 2.45) is 11.7 Å². The Kier molecular flexibility index (Phi) is 2.90. The second-order valence-corrected chi connectivity index (χ2v) is 5.24. The van der Waals surface area contributed by atoms with Crippen molar-refractivity contribution < 1.29 is 0 Å². The van der Waals surface area contributed by atoms with Gasteiger partial charge in [0.05, 0.1) is 5.54 Å². The highest BCUT2D eigenvalue weighted by atomic mass is 14.8. The Hall–Kier alpha value is -1.08. The molecule has 0 aliphatic heterocycles. The maximum atomic E-state index is 6.59. The fourth-order valence-electron chi connectivity index (χ4n) is 2.75. The van der Waals surface area contributed by atoms with Gasteiger partial charge in [0.1, 0.15) is 0 Å². The molecule has 1 aliphatic carbocycles. The lowest BCUT2D eigenvalue weighted by molar-refractivity contribution is 0.329. The highest BCUT2D eigenvalue weighted by Crippen LogP contribution is 2.41. The first-order valence-electron chi connectivity index (χ1n) is 6.07. The lowest BCUT2D eigenvalue weighted by Gasteiger charge is -2.39. The van der Waals surface area contributed by atoms with Crippen molar-refractivity contribution in [2.45, 2.75) is 38.6 Å². The third-order valence-corrected chi connectivity index (χ3v) is 3.88. The quantitative estimate of drug-likeness (QED) is 0.713. The number of aryl methyl sites for hydroxylation is 1. The molecular weight excluding hydrogens is 194 g/mol. The minimum absolute atomic E-state index is 0.294. The summed E-state index contributed by atoms with van der Waals surface area (Å²) in [5.74, 6) is 0.730. The Balaban J connectivity index is 2.39. The molecule has 2 N–H and O–H groups in total. The number of hydrogen-bond donors (Lipinski definition) is 1. The van der Waals surface area contributed by atoms with Crippen LogP contribution >= 0.6 is 0 Å². The molecule has 1 heteroatoms. The fourth-order valence-corrected chi connectivity index (χ4v) is 2.75. The monoisotopic (exact) mass is 215 g/mol. The van der Waals surface area contributed by atoms with Crippen molar-refractivity contribution in [3.8, 4) is 0 Å². The van der Waals surface area contributed by atoms with Crippen molar-refractivity contribution in [3.05, 3.63) is 47.5 Å². The molecule has 0 heterocycles. The first-order chi connectivity index (χ1) is 7.54. The summed E-state index contributed by atoms with van der Waals surface area (Å²) in [7, 11) is 0. The molecule has 86 valence electrons. The molecule has 2 atom stereocenters. The molecule has 1 fully saturated rings. The minimum atomic E-state index is -0.294. The molecule has 0 saturated heterocycles. The van der Waals surface area contributed by atoms with Gasteiger partial charge in [0.25, 0.3) is 0 Å². The van der Waals surface area contributed by atoms with Crippen LogP contribution in [0.2, 0.25) is 0 Å². The second kappa shape index (κ2) is 4.06. The van der Waals surface area contributed by atoms with Crippen molar-refractivity contribution in [1.82, 2.24) is 0 Å². The van der Waals surface area contributed by atoms with Gasteiger partial charge in [0.2, 0.25) is 0 Å². The van der Waals surface area contributed by atoms with Gasteiger partial charge in [0.15, 0.2) is 0 Å². The molecule has 0 spiro atoms. The zero-order valence-corrected chi connectivity index (χ0v) is 10.3. The molecule has 1 aromatic carbocycles. The normalized spacial score (nSPS) is 30.4. The van der Waals surface area contributed by atoms with E-state index in [2.05, 4.69) is 44.7 Å². The van der Waals surface area contributed by atoms with Gasteiger partial charge in [-0.3, -0.25) is 0 Å². The van der Waals surface area contributed by atoms with E-state index in [1.54, 1.807) is 0 Å². The van der Waals surface area contributed by atoms with Crippen LogP contribution in [0, 0.1) is 12.8 Å². The summed E-state index contributed by atoms with van der Waals surface area (Å²) in [6.07, 6.45) is 3.28. The van der Waals surface area contributed by atoms with Crippen LogP contribution in [0.4, 0.5) is 0 Å². The number of rotatable bonds is 1. The maximum absolute atomic E-state index is 6.59. The minimum Gasteiger partial charge on any atom is -0.318 e. The van der Waals surface area contributed by atoms with Gasteiger partial charge in [-0.1, -0.05) is 43.3 Å². The van der Waals surface area contributed by atoms with E-state index in [-0.39, 0.29) is 5.54 Å². The van der Waals surface area contributed by atoms with Crippen molar-refractivity contribution >= 4 is 0 Å². The molecule has 0 amide bonds. The van der Waals surface area contributed by atoms with Crippen LogP contribution in [0.1, 0.15) is 37.3 Å². The molecule has 0 aromatic heterocycles. The van der Waals surface area contributed by atoms with E-state index in [1.165, 1.54) is 23.1 Å². The maximum Gasteiger partial charge on any atom is 0.0625 e. The van der Waals surface area contributed by atoms with Crippen molar-refractivity contribution in [2.75, 3.05) is 0 Å². The van der Waals surface area contributed by atoms with E-state index in [0.29, 0.717) is 0 Å². The largest absolute Gasteiger partial charge is 0.318 e. The third-order valence-electron chi connectivity index (χ3n) is 3.88. The topological polar surface area (TPSA) is 26.0 Å². The van der Waals surface area contributed by atoms with E-state index in [9.17, 15) is 0 Å². The van der Waals surface area contributed by atoms with E-state index >= 15 is 0 Å². The Morgan fingerprint density at radius 2 is 2.06 bits per heavy atom. The van der Waals surface area contributed by atoms with Gasteiger partial charge >= 0.3 is 0 Å². The third kappa shape index (κ3) is 1.80. The van der Waals surface area contributed by atoms with E-state index in [1.807, 2.05) is 0 Å². The van der Waals surface area contributed by atoms with Gasteiger partial charge in [-0.15, -0.1) is 0 Å². The van der Waals surface area contributed by atoms with Crippen LogP contribution in [0.25, 0.3) is 0 Å². The summed E-state index contributed by atoms with van der Waals surface area (Å²) in [6, 6.07) is 8.42. The average Bonchev–Trinajstić information content (AvgIpc) is 2.25. The highest BCUT2D eigenvalue weighted by Gasteiger charge is 2.35. The van der Waals surface area contributed by atoms with Gasteiger partial charge in [-0.05, 0) is 43.2 Å². The van der Waals surface area contributed by atoms with Gasteiger partial charge < -0.3 is 5.73 Å². The summed E-state index contributed by atoms with van der Waals surface area (Å²) in [5, 5.41) is 0. The van der Waals surface area contributed by atoms with Gasteiger partial charge in [-0.2, -0.15) is 0 Å². The lowest BCUT2D eigenvalue weighted by Crippen LogP contribution is -2.42. The predicted molar refractivity (Wildman–Crippen MR) is 69.2 cm³/mol. The van der Waals surface area contributed by atoms with Gasteiger partial charge in [0, 0.05) is 0 Å². The number of hydrogen-bond acceptors (Lipinski definition) is 1. The van der Waals surface area contributed by atoms with E-state index in [4.69, 9.17) is 5.73 Å². The Morgan fingerprint density at radius 1 is 1.38 bits per heavy atom. The number of benzene rings is 1. The fraction of sp³-hybridized carbons (Fsp3) is 0.467. The summed E-state index contributed by atoms with van der Waals surface area (Å²) in [5.41, 5.74) is 10.0. The molecule has 1 aromatic rings. The Labute approximate surface area is 98.4 Å². The number of nitrogens with two attached hydrogens (primary N) is 1. The lowest BCUT2D eigenvalue weighted by atomic mass is 9.70. The van der Waals surface area contributed by atoms with Crippen LogP contribution in [0.3, 0.4) is 0 Å². The molecule has 2 rings (SSSR count). The molecule has 16 heavy (non-hydrogen) atoms. The second-order valence-electron chi connectivity index (χ2n) is 5.24. The zero-order chi connectivity index (χ0) is 11.8. The van der Waals surface area contributed by atoms with Crippen molar-refractivity contribution in [3.63, 3.8) is 0 Å². The van der Waals surface area contributed by atoms with Crippen molar-refractivity contribution in [1.29, 1.82) is 0 Å². The van der Waals surface area contributed by atoms with Crippen LogP contribution in [-0.2, 0) is 5.54 Å². The Bertz CT molecular complexity index is 408. The average molecular weight is 215 g/mol. The summed E-state index contributed by atoms with van der Waals surface area (Å²) in [6.45, 7) is 8.62. The van der Waals surface area contributed by atoms with Crippen LogP contribution in [0.5, 0.6) is 0 Å². The predicted octanol–water partition coefficient (Wildman–Crippen LogP) is 3.53. The molecule has 1 aliphatic rings. The standard InChI is InChI=1S/C15H21N/c1-11-8-9-15(16,13(3)10-11)14-7-5-4-6-12(14)2/h4-7,11H,3,8-10,16H2,1-2H3. The van der Waals surface area contributed by atoms with Crippen LogP contribution in [-0.4, -0.2) is 0 Å². The van der Waals surface area contributed by atoms with E-state index in [0.717, 1.165) is 18.8 Å². The van der Waals surface area contributed by atoms with Crippen LogP contribution < -0.4 is 5.73 Å². The summed E-state index contributed by atoms with van der Waals surface area (Å²) in [4.78, 5) is 0. The summed E-state index contributed by atoms with van der Waals surface area (Å²) >= 11 is 0. The molecule has 0 radical (unpaired) electrons. The Morgan fingerprint density at radius 3 is 2.69 bits per heavy atom. The first-order valence-corrected chi connectivity index (χ1v) is 6.07. The highest BCUT2D eigenvalue weighted by molar-refractivity contribution is 5.40. The molecule has 1 nitrogen and oxygen atoms in total. The molecular formula is C15H21N. The molecule has 1 saturated carbocycles. The first kappa shape index (κ1) is 11.4.